The number of imidazole rings is 1. The van der Waals surface area contributed by atoms with Gasteiger partial charge < -0.3 is 14.0 Å². The summed E-state index contributed by atoms with van der Waals surface area (Å²) in [6, 6.07) is 28.3. The predicted molar refractivity (Wildman–Crippen MR) is 157 cm³/mol. The predicted octanol–water partition coefficient (Wildman–Crippen LogP) is 5.54. The van der Waals surface area contributed by atoms with Gasteiger partial charge in [0.05, 0.1) is 23.4 Å². The zero-order chi connectivity index (χ0) is 28.3. The van der Waals surface area contributed by atoms with Crippen molar-refractivity contribution < 1.29 is 14.5 Å². The molecule has 0 N–H and O–H groups in total. The van der Waals surface area contributed by atoms with Gasteiger partial charge in [0.1, 0.15) is 11.4 Å². The molecule has 0 unspecified atom stereocenters. The standard InChI is InChI=1S/C32H29N5O4/c1-41-28-13-10-24(11-14-28)31-29(36-21-26(12-15-30(36)33-31)23-6-3-2-4-7-23)22-34-16-18-35(19-17-34)32(38)25-8-5-9-27(20-25)37(39)40/h2-15,20-21H,16-19,22H2,1H3. The van der Waals surface area contributed by atoms with Gasteiger partial charge >= 0.3 is 0 Å². The normalized spacial score (nSPS) is 13.8. The van der Waals surface area contributed by atoms with Gasteiger partial charge in [0.15, 0.2) is 0 Å². The van der Waals surface area contributed by atoms with Crippen LogP contribution < -0.4 is 4.74 Å². The maximum Gasteiger partial charge on any atom is 0.270 e. The third kappa shape index (κ3) is 5.39. The highest BCUT2D eigenvalue weighted by Crippen LogP contribution is 2.30. The van der Waals surface area contributed by atoms with E-state index >= 15 is 0 Å². The average molecular weight is 548 g/mol. The van der Waals surface area contributed by atoms with Crippen LogP contribution in [0.1, 0.15) is 16.1 Å². The number of benzene rings is 3. The molecule has 0 atom stereocenters. The second kappa shape index (κ2) is 11.2. The first kappa shape index (κ1) is 26.2. The van der Waals surface area contributed by atoms with Crippen molar-refractivity contribution in [3.05, 3.63) is 119 Å². The molecule has 1 aliphatic rings. The molecule has 5 aromatic rings. The number of rotatable bonds is 7. The minimum Gasteiger partial charge on any atom is -0.497 e. The largest absolute Gasteiger partial charge is 0.497 e. The second-order valence-electron chi connectivity index (χ2n) is 10.0. The van der Waals surface area contributed by atoms with E-state index in [4.69, 9.17) is 9.72 Å². The van der Waals surface area contributed by atoms with Gasteiger partial charge in [-0.15, -0.1) is 0 Å². The summed E-state index contributed by atoms with van der Waals surface area (Å²) in [5.74, 6) is 0.601. The molecule has 1 saturated heterocycles. The fourth-order valence-corrected chi connectivity index (χ4v) is 5.28. The maximum atomic E-state index is 13.1. The summed E-state index contributed by atoms with van der Waals surface area (Å²) < 4.78 is 7.53. The Morgan fingerprint density at radius 1 is 0.878 bits per heavy atom. The lowest BCUT2D eigenvalue weighted by atomic mass is 10.1. The number of carbonyl (C=O) groups is 1. The second-order valence-corrected chi connectivity index (χ2v) is 10.0. The summed E-state index contributed by atoms with van der Waals surface area (Å²) in [5.41, 5.74) is 6.34. The van der Waals surface area contributed by atoms with Crippen LogP contribution >= 0.6 is 0 Å². The topological polar surface area (TPSA) is 93.2 Å². The van der Waals surface area contributed by atoms with Gasteiger partial charge in [-0.3, -0.25) is 19.8 Å². The number of pyridine rings is 1. The van der Waals surface area contributed by atoms with Gasteiger partial charge in [0.25, 0.3) is 11.6 Å². The molecular weight excluding hydrogens is 518 g/mol. The molecular formula is C32H29N5O4. The molecule has 0 aliphatic carbocycles. The van der Waals surface area contributed by atoms with Crippen molar-refractivity contribution in [1.82, 2.24) is 19.2 Å². The summed E-state index contributed by atoms with van der Waals surface area (Å²) in [6.45, 7) is 3.07. The first-order valence-corrected chi connectivity index (χ1v) is 13.5. The number of ether oxygens (including phenoxy) is 1. The van der Waals surface area contributed by atoms with Crippen LogP contribution in [0.25, 0.3) is 28.0 Å². The Morgan fingerprint density at radius 2 is 1.61 bits per heavy atom. The average Bonchev–Trinajstić information content (AvgIpc) is 3.39. The number of methoxy groups -OCH3 is 1. The first-order chi connectivity index (χ1) is 20.0. The van der Waals surface area contributed by atoms with Crippen LogP contribution in [0.3, 0.4) is 0 Å². The molecule has 9 nitrogen and oxygen atoms in total. The molecule has 0 saturated carbocycles. The molecule has 41 heavy (non-hydrogen) atoms. The van der Waals surface area contributed by atoms with E-state index < -0.39 is 4.92 Å². The molecule has 0 spiro atoms. The number of aromatic nitrogens is 2. The molecule has 206 valence electrons. The van der Waals surface area contributed by atoms with Crippen LogP contribution in [0.4, 0.5) is 5.69 Å². The molecule has 2 aromatic heterocycles. The van der Waals surface area contributed by atoms with Gasteiger partial charge in [-0.2, -0.15) is 0 Å². The minimum atomic E-state index is -0.478. The summed E-state index contributed by atoms with van der Waals surface area (Å²) >= 11 is 0. The van der Waals surface area contributed by atoms with Crippen LogP contribution in [0, 0.1) is 10.1 Å². The third-order valence-corrected chi connectivity index (χ3v) is 7.52. The first-order valence-electron chi connectivity index (χ1n) is 13.5. The Hall–Kier alpha value is -5.02. The number of nitro benzene ring substituents is 1. The Morgan fingerprint density at radius 3 is 2.32 bits per heavy atom. The molecule has 0 bridgehead atoms. The Balaban J connectivity index is 1.27. The van der Waals surface area contributed by atoms with E-state index in [1.165, 1.54) is 12.1 Å². The number of hydrogen-bond acceptors (Lipinski definition) is 6. The van der Waals surface area contributed by atoms with E-state index in [0.717, 1.165) is 39.5 Å². The Kier molecular flexibility index (Phi) is 7.18. The van der Waals surface area contributed by atoms with Gasteiger partial charge in [-0.05, 0) is 53.6 Å². The maximum absolute atomic E-state index is 13.1. The summed E-state index contributed by atoms with van der Waals surface area (Å²) in [7, 11) is 1.65. The van der Waals surface area contributed by atoms with Crippen LogP contribution in [-0.2, 0) is 6.54 Å². The van der Waals surface area contributed by atoms with Crippen LogP contribution in [0.2, 0.25) is 0 Å². The number of carbonyl (C=O) groups excluding carboxylic acids is 1. The highest BCUT2D eigenvalue weighted by molar-refractivity contribution is 5.95. The number of non-ortho nitro benzene ring substituents is 1. The molecule has 3 aromatic carbocycles. The Labute approximate surface area is 237 Å². The molecule has 3 heterocycles. The van der Waals surface area contributed by atoms with Crippen molar-refractivity contribution in [3.63, 3.8) is 0 Å². The number of nitrogens with zero attached hydrogens (tertiary/aromatic N) is 5. The van der Waals surface area contributed by atoms with E-state index in [-0.39, 0.29) is 11.6 Å². The smallest absolute Gasteiger partial charge is 0.270 e. The zero-order valence-electron chi connectivity index (χ0n) is 22.6. The summed E-state index contributed by atoms with van der Waals surface area (Å²) in [4.78, 5) is 32.9. The number of piperazine rings is 1. The number of hydrogen-bond donors (Lipinski definition) is 0. The number of amides is 1. The van der Waals surface area contributed by atoms with E-state index in [0.29, 0.717) is 38.3 Å². The lowest BCUT2D eigenvalue weighted by Crippen LogP contribution is -2.48. The zero-order valence-corrected chi connectivity index (χ0v) is 22.6. The van der Waals surface area contributed by atoms with Crippen molar-refractivity contribution in [2.24, 2.45) is 0 Å². The lowest BCUT2D eigenvalue weighted by Gasteiger charge is -2.34. The molecule has 1 amide bonds. The highest BCUT2D eigenvalue weighted by Gasteiger charge is 2.25. The number of fused-ring (bicyclic) bond motifs is 1. The van der Waals surface area contributed by atoms with Gasteiger partial charge in [0.2, 0.25) is 0 Å². The number of nitro groups is 1. The van der Waals surface area contributed by atoms with Gasteiger partial charge in [-0.25, -0.2) is 4.98 Å². The van der Waals surface area contributed by atoms with Crippen molar-refractivity contribution in [2.75, 3.05) is 33.3 Å². The van der Waals surface area contributed by atoms with E-state index in [1.54, 1.807) is 24.1 Å². The molecule has 0 radical (unpaired) electrons. The fourth-order valence-electron chi connectivity index (χ4n) is 5.28. The molecule has 6 rings (SSSR count). The monoisotopic (exact) mass is 547 g/mol. The van der Waals surface area contributed by atoms with Gasteiger partial charge in [-0.1, -0.05) is 36.4 Å². The molecule has 1 fully saturated rings. The van der Waals surface area contributed by atoms with E-state index in [2.05, 4.69) is 39.8 Å². The molecule has 1 aliphatic heterocycles. The van der Waals surface area contributed by atoms with E-state index in [9.17, 15) is 14.9 Å². The van der Waals surface area contributed by atoms with Crippen LogP contribution in [0.15, 0.2) is 97.2 Å². The van der Waals surface area contributed by atoms with E-state index in [1.807, 2.05) is 42.5 Å². The van der Waals surface area contributed by atoms with Crippen molar-refractivity contribution in [3.8, 4) is 28.1 Å². The van der Waals surface area contributed by atoms with Crippen molar-refractivity contribution in [2.45, 2.75) is 6.54 Å². The molecule has 9 heteroatoms. The Bertz CT molecular complexity index is 1710. The SMILES string of the molecule is COc1ccc(-c2nc3ccc(-c4ccccc4)cn3c2CN2CCN(C(=O)c3cccc([N+](=O)[O-])c3)CC2)cc1. The quantitative estimate of drug-likeness (QED) is 0.196. The van der Waals surface area contributed by atoms with Gasteiger partial charge in [0, 0.05) is 62.2 Å². The van der Waals surface area contributed by atoms with Crippen molar-refractivity contribution in [1.29, 1.82) is 0 Å². The fraction of sp³-hybridized carbons (Fsp3) is 0.188. The lowest BCUT2D eigenvalue weighted by molar-refractivity contribution is -0.384. The third-order valence-electron chi connectivity index (χ3n) is 7.52. The minimum absolute atomic E-state index is 0.0805. The highest BCUT2D eigenvalue weighted by atomic mass is 16.6. The van der Waals surface area contributed by atoms with Crippen molar-refractivity contribution >= 4 is 17.2 Å². The van der Waals surface area contributed by atoms with Crippen LogP contribution in [-0.4, -0.2) is 63.3 Å². The summed E-state index contributed by atoms with van der Waals surface area (Å²) in [6.07, 6.45) is 2.14. The summed E-state index contributed by atoms with van der Waals surface area (Å²) in [5, 5.41) is 11.2. The van der Waals surface area contributed by atoms with Crippen LogP contribution in [0.5, 0.6) is 5.75 Å².